The molecule has 0 aliphatic carbocycles. The normalized spacial score (nSPS) is 12.1. The first-order valence-corrected chi connectivity index (χ1v) is 11.4. The van der Waals surface area contributed by atoms with Crippen molar-refractivity contribution in [2.75, 3.05) is 11.8 Å². The second kappa shape index (κ2) is 9.66. The Morgan fingerprint density at radius 3 is 2.35 bits per heavy atom. The van der Waals surface area contributed by atoms with E-state index in [2.05, 4.69) is 10.0 Å². The Morgan fingerprint density at radius 2 is 1.71 bits per heavy atom. The van der Waals surface area contributed by atoms with Crippen molar-refractivity contribution < 1.29 is 17.9 Å². The summed E-state index contributed by atoms with van der Waals surface area (Å²) in [6, 6.07) is 20.4. The molecule has 1 atom stereocenters. The molecule has 3 aromatic rings. The molecule has 3 aromatic carbocycles. The molecule has 1 amide bonds. The van der Waals surface area contributed by atoms with E-state index in [1.165, 1.54) is 12.1 Å². The van der Waals surface area contributed by atoms with Crippen LogP contribution < -0.4 is 14.8 Å². The first kappa shape index (κ1) is 22.4. The summed E-state index contributed by atoms with van der Waals surface area (Å²) in [7, 11) is -2.22. The largest absolute Gasteiger partial charge is 0.497 e. The Bertz CT molecular complexity index is 1160. The molecule has 6 nitrogen and oxygen atoms in total. The molecule has 0 aromatic heterocycles. The first-order chi connectivity index (χ1) is 14.8. The third kappa shape index (κ3) is 5.64. The maximum absolute atomic E-state index is 12.8. The highest BCUT2D eigenvalue weighted by atomic mass is 32.2. The van der Waals surface area contributed by atoms with Crippen molar-refractivity contribution >= 4 is 21.6 Å². The molecule has 0 aliphatic rings. The summed E-state index contributed by atoms with van der Waals surface area (Å²) in [6.07, 6.45) is 0.685. The Hall–Kier alpha value is -3.32. The van der Waals surface area contributed by atoms with E-state index in [4.69, 9.17) is 4.74 Å². The first-order valence-electron chi connectivity index (χ1n) is 9.96. The Balaban J connectivity index is 1.78. The number of carbonyl (C=O) groups excluding carboxylic acids is 1. The average Bonchev–Trinajstić information content (AvgIpc) is 2.77. The maximum Gasteiger partial charge on any atom is 0.261 e. The third-order valence-electron chi connectivity index (χ3n) is 4.91. The van der Waals surface area contributed by atoms with Gasteiger partial charge in [-0.1, -0.05) is 37.3 Å². The van der Waals surface area contributed by atoms with Crippen molar-refractivity contribution in [2.45, 2.75) is 31.2 Å². The number of hydrogen-bond donors (Lipinski definition) is 2. The summed E-state index contributed by atoms with van der Waals surface area (Å²) in [5.74, 6) is 0.402. The monoisotopic (exact) mass is 438 g/mol. The lowest BCUT2D eigenvalue weighted by Gasteiger charge is -2.18. The van der Waals surface area contributed by atoms with Crippen LogP contribution in [-0.2, 0) is 10.0 Å². The number of benzene rings is 3. The minimum atomic E-state index is -3.82. The molecule has 7 heteroatoms. The van der Waals surface area contributed by atoms with Gasteiger partial charge >= 0.3 is 0 Å². The number of methoxy groups -OCH3 is 1. The Kier molecular flexibility index (Phi) is 6.97. The van der Waals surface area contributed by atoms with Gasteiger partial charge in [0.15, 0.2) is 0 Å². The van der Waals surface area contributed by atoms with Crippen LogP contribution >= 0.6 is 0 Å². The van der Waals surface area contributed by atoms with Crippen LogP contribution in [0, 0.1) is 6.92 Å². The number of nitrogens with one attached hydrogen (secondary N) is 2. The van der Waals surface area contributed by atoms with Crippen LogP contribution in [0.25, 0.3) is 0 Å². The lowest BCUT2D eigenvalue weighted by molar-refractivity contribution is 0.0935. The zero-order valence-corrected chi connectivity index (χ0v) is 18.6. The van der Waals surface area contributed by atoms with Gasteiger partial charge in [0.1, 0.15) is 5.75 Å². The van der Waals surface area contributed by atoms with Gasteiger partial charge < -0.3 is 10.1 Å². The van der Waals surface area contributed by atoms with Gasteiger partial charge in [-0.3, -0.25) is 9.52 Å². The van der Waals surface area contributed by atoms with E-state index in [1.807, 2.05) is 44.2 Å². The van der Waals surface area contributed by atoms with Crippen molar-refractivity contribution in [3.8, 4) is 5.75 Å². The van der Waals surface area contributed by atoms with Gasteiger partial charge in [0, 0.05) is 11.3 Å². The molecule has 0 spiro atoms. The number of anilines is 1. The molecule has 0 aliphatic heterocycles. The number of sulfonamides is 1. The van der Waals surface area contributed by atoms with E-state index in [9.17, 15) is 13.2 Å². The zero-order valence-electron chi connectivity index (χ0n) is 17.8. The van der Waals surface area contributed by atoms with Crippen molar-refractivity contribution in [1.29, 1.82) is 0 Å². The fourth-order valence-electron chi connectivity index (χ4n) is 3.23. The van der Waals surface area contributed by atoms with Crippen LogP contribution in [-0.4, -0.2) is 21.4 Å². The molecule has 0 unspecified atom stereocenters. The Morgan fingerprint density at radius 1 is 1.00 bits per heavy atom. The van der Waals surface area contributed by atoms with E-state index in [1.54, 1.807) is 37.4 Å². The molecule has 0 saturated carbocycles. The maximum atomic E-state index is 12.8. The molecule has 2 N–H and O–H groups in total. The third-order valence-corrected chi connectivity index (χ3v) is 6.29. The second-order valence-electron chi connectivity index (χ2n) is 7.21. The minimum absolute atomic E-state index is 0.0270. The van der Waals surface area contributed by atoms with Crippen molar-refractivity contribution in [2.24, 2.45) is 0 Å². The lowest BCUT2D eigenvalue weighted by Crippen LogP contribution is -2.28. The van der Waals surface area contributed by atoms with Crippen LogP contribution in [0.2, 0.25) is 0 Å². The zero-order chi connectivity index (χ0) is 22.4. The quantitative estimate of drug-likeness (QED) is 0.535. The van der Waals surface area contributed by atoms with E-state index in [0.717, 1.165) is 16.9 Å². The number of hydrogen-bond acceptors (Lipinski definition) is 4. The fourth-order valence-corrected chi connectivity index (χ4v) is 4.32. The van der Waals surface area contributed by atoms with Gasteiger partial charge in [0.2, 0.25) is 0 Å². The molecule has 0 heterocycles. The van der Waals surface area contributed by atoms with Crippen molar-refractivity contribution in [3.63, 3.8) is 0 Å². The summed E-state index contributed by atoms with van der Waals surface area (Å²) in [6.45, 7) is 3.86. The molecular formula is C24H26N2O4S. The molecule has 0 radical (unpaired) electrons. The van der Waals surface area contributed by atoms with E-state index >= 15 is 0 Å². The van der Waals surface area contributed by atoms with Gasteiger partial charge in [0.05, 0.1) is 18.0 Å². The highest BCUT2D eigenvalue weighted by Crippen LogP contribution is 2.22. The van der Waals surface area contributed by atoms with Crippen LogP contribution in [0.3, 0.4) is 0 Å². The van der Waals surface area contributed by atoms with Crippen LogP contribution in [0.15, 0.2) is 77.7 Å². The van der Waals surface area contributed by atoms with Gasteiger partial charge in [0.25, 0.3) is 15.9 Å². The van der Waals surface area contributed by atoms with E-state index < -0.39 is 10.0 Å². The molecular weight excluding hydrogens is 412 g/mol. The topological polar surface area (TPSA) is 84.5 Å². The standard InChI is InChI=1S/C24H26N2O4S/c1-4-23(18-11-13-21(30-3)14-12-18)25-24(27)19-8-6-10-22(16-19)31(28,29)26-20-9-5-7-17(2)15-20/h5-16,23,26H,4H2,1-3H3,(H,25,27)/t23-/m1/s1. The predicted molar refractivity (Wildman–Crippen MR) is 122 cm³/mol. The fraction of sp³-hybridized carbons (Fsp3) is 0.208. The SMILES string of the molecule is CC[C@@H](NC(=O)c1cccc(S(=O)(=O)Nc2cccc(C)c2)c1)c1ccc(OC)cc1. The highest BCUT2D eigenvalue weighted by molar-refractivity contribution is 7.92. The van der Waals surface area contributed by atoms with Crippen molar-refractivity contribution in [3.05, 3.63) is 89.5 Å². The van der Waals surface area contributed by atoms with Crippen LogP contribution in [0.1, 0.15) is 40.9 Å². The number of rotatable bonds is 8. The molecule has 162 valence electrons. The summed E-state index contributed by atoms with van der Waals surface area (Å²) < 4.78 is 33.3. The number of ether oxygens (including phenoxy) is 1. The predicted octanol–water partition coefficient (Wildman–Crippen LogP) is 4.69. The van der Waals surface area contributed by atoms with Crippen LogP contribution in [0.4, 0.5) is 5.69 Å². The van der Waals surface area contributed by atoms with Crippen LogP contribution in [0.5, 0.6) is 5.75 Å². The minimum Gasteiger partial charge on any atom is -0.497 e. The summed E-state index contributed by atoms with van der Waals surface area (Å²) >= 11 is 0. The van der Waals surface area contributed by atoms with Gasteiger partial charge in [-0.25, -0.2) is 8.42 Å². The van der Waals surface area contributed by atoms with Gasteiger partial charge in [-0.2, -0.15) is 0 Å². The Labute approximate surface area is 183 Å². The van der Waals surface area contributed by atoms with Gasteiger partial charge in [-0.05, 0) is 66.9 Å². The summed E-state index contributed by atoms with van der Waals surface area (Å²) in [4.78, 5) is 12.9. The van der Waals surface area contributed by atoms with E-state index in [0.29, 0.717) is 12.1 Å². The summed E-state index contributed by atoms with van der Waals surface area (Å²) in [5.41, 5.74) is 2.64. The molecule has 31 heavy (non-hydrogen) atoms. The lowest BCUT2D eigenvalue weighted by atomic mass is 10.0. The second-order valence-corrected chi connectivity index (χ2v) is 8.89. The highest BCUT2D eigenvalue weighted by Gasteiger charge is 2.19. The number of aryl methyl sites for hydroxylation is 1. The van der Waals surface area contributed by atoms with Gasteiger partial charge in [-0.15, -0.1) is 0 Å². The summed E-state index contributed by atoms with van der Waals surface area (Å²) in [5, 5.41) is 2.98. The smallest absolute Gasteiger partial charge is 0.261 e. The molecule has 0 saturated heterocycles. The van der Waals surface area contributed by atoms with E-state index in [-0.39, 0.29) is 22.4 Å². The number of carbonyl (C=O) groups is 1. The molecule has 0 bridgehead atoms. The van der Waals surface area contributed by atoms with Crippen molar-refractivity contribution in [1.82, 2.24) is 5.32 Å². The molecule has 0 fully saturated rings. The molecule has 3 rings (SSSR count). The average molecular weight is 439 g/mol. The number of amides is 1.